The summed E-state index contributed by atoms with van der Waals surface area (Å²) in [7, 11) is 0. The minimum Gasteiger partial charge on any atom is -0.396 e. The number of aromatic nitrogens is 1. The first-order valence-electron chi connectivity index (χ1n) is 4.33. The van der Waals surface area contributed by atoms with Gasteiger partial charge in [-0.2, -0.15) is 0 Å². The van der Waals surface area contributed by atoms with Crippen LogP contribution in [0.2, 0.25) is 0 Å². The summed E-state index contributed by atoms with van der Waals surface area (Å²) in [6.45, 7) is 3.91. The van der Waals surface area contributed by atoms with Crippen molar-refractivity contribution < 1.29 is 4.79 Å². The van der Waals surface area contributed by atoms with Gasteiger partial charge in [-0.1, -0.05) is 0 Å². The summed E-state index contributed by atoms with van der Waals surface area (Å²) in [6.07, 6.45) is 0. The van der Waals surface area contributed by atoms with Crippen molar-refractivity contribution in [2.75, 3.05) is 11.1 Å². The van der Waals surface area contributed by atoms with Gasteiger partial charge < -0.3 is 16.8 Å². The average molecular weight is 194 g/mol. The fourth-order valence-electron chi connectivity index (χ4n) is 0.996. The molecule has 1 amide bonds. The molecule has 5 nitrogen and oxygen atoms in total. The molecule has 1 rings (SSSR count). The number of pyridine rings is 1. The molecule has 0 saturated carbocycles. The van der Waals surface area contributed by atoms with E-state index in [1.807, 2.05) is 13.8 Å². The summed E-state index contributed by atoms with van der Waals surface area (Å²) in [4.78, 5) is 14.8. The van der Waals surface area contributed by atoms with Crippen LogP contribution >= 0.6 is 0 Å². The lowest BCUT2D eigenvalue weighted by Gasteiger charge is -2.11. The Morgan fingerprint density at radius 1 is 1.50 bits per heavy atom. The van der Waals surface area contributed by atoms with Crippen molar-refractivity contribution in [1.29, 1.82) is 0 Å². The Hall–Kier alpha value is -1.78. The van der Waals surface area contributed by atoms with Gasteiger partial charge in [0.15, 0.2) is 0 Å². The summed E-state index contributed by atoms with van der Waals surface area (Å²) < 4.78 is 0. The molecule has 0 radical (unpaired) electrons. The van der Waals surface area contributed by atoms with Crippen LogP contribution in [0.25, 0.3) is 0 Å². The van der Waals surface area contributed by atoms with Gasteiger partial charge in [-0.05, 0) is 26.0 Å². The summed E-state index contributed by atoms with van der Waals surface area (Å²) in [5, 5.41) is 3.02. The van der Waals surface area contributed by atoms with Gasteiger partial charge in [-0.3, -0.25) is 4.79 Å². The van der Waals surface area contributed by atoms with E-state index in [1.54, 1.807) is 6.07 Å². The number of nitrogens with one attached hydrogen (secondary N) is 1. The normalized spacial score (nSPS) is 10.2. The number of primary amides is 1. The fraction of sp³-hybridized carbons (Fsp3) is 0.333. The molecule has 0 aliphatic carbocycles. The Bertz CT molecular complexity index is 349. The number of rotatable bonds is 3. The lowest BCUT2D eigenvalue weighted by Crippen LogP contribution is -2.17. The molecule has 0 unspecified atom stereocenters. The second kappa shape index (κ2) is 3.95. The monoisotopic (exact) mass is 194 g/mol. The van der Waals surface area contributed by atoms with Crippen LogP contribution in [0, 0.1) is 0 Å². The molecule has 0 spiro atoms. The van der Waals surface area contributed by atoms with Crippen molar-refractivity contribution >= 4 is 17.4 Å². The van der Waals surface area contributed by atoms with Crippen LogP contribution in [0.3, 0.4) is 0 Å². The number of anilines is 2. The van der Waals surface area contributed by atoms with Gasteiger partial charge in [0.25, 0.3) is 5.91 Å². The third-order valence-corrected chi connectivity index (χ3v) is 1.60. The number of carbonyl (C=O) groups excluding carboxylic acids is 1. The van der Waals surface area contributed by atoms with Gasteiger partial charge in [-0.15, -0.1) is 0 Å². The largest absolute Gasteiger partial charge is 0.396 e. The molecule has 0 aromatic carbocycles. The number of hydrogen-bond acceptors (Lipinski definition) is 4. The Morgan fingerprint density at radius 2 is 2.14 bits per heavy atom. The molecule has 5 N–H and O–H groups in total. The zero-order valence-electron chi connectivity index (χ0n) is 8.24. The van der Waals surface area contributed by atoms with Crippen molar-refractivity contribution in [2.45, 2.75) is 19.9 Å². The molecule has 14 heavy (non-hydrogen) atoms. The van der Waals surface area contributed by atoms with E-state index in [4.69, 9.17) is 11.5 Å². The molecule has 0 atom stereocenters. The van der Waals surface area contributed by atoms with Crippen LogP contribution in [0.4, 0.5) is 11.5 Å². The van der Waals surface area contributed by atoms with E-state index in [2.05, 4.69) is 10.3 Å². The summed E-state index contributed by atoms with van der Waals surface area (Å²) in [5.74, 6) is -0.0619. The van der Waals surface area contributed by atoms with E-state index in [-0.39, 0.29) is 11.7 Å². The Morgan fingerprint density at radius 3 is 2.64 bits per heavy atom. The van der Waals surface area contributed by atoms with E-state index >= 15 is 0 Å². The minimum absolute atomic E-state index is 0.202. The summed E-state index contributed by atoms with van der Waals surface area (Å²) in [6, 6.07) is 3.31. The maximum Gasteiger partial charge on any atom is 0.267 e. The first kappa shape index (κ1) is 10.3. The second-order valence-corrected chi connectivity index (χ2v) is 3.30. The first-order valence-corrected chi connectivity index (χ1v) is 4.33. The molecule has 0 saturated heterocycles. The van der Waals surface area contributed by atoms with Crippen LogP contribution in [0.5, 0.6) is 0 Å². The van der Waals surface area contributed by atoms with E-state index < -0.39 is 5.91 Å². The molecule has 5 heteroatoms. The Balaban J connectivity index is 3.02. The van der Waals surface area contributed by atoms with Crippen LogP contribution in [0.15, 0.2) is 12.1 Å². The van der Waals surface area contributed by atoms with Crippen molar-refractivity contribution in [3.63, 3.8) is 0 Å². The van der Waals surface area contributed by atoms with E-state index in [0.29, 0.717) is 11.5 Å². The van der Waals surface area contributed by atoms with E-state index in [1.165, 1.54) is 6.07 Å². The van der Waals surface area contributed by atoms with Crippen LogP contribution in [-0.4, -0.2) is 16.9 Å². The van der Waals surface area contributed by atoms with Crippen molar-refractivity contribution in [1.82, 2.24) is 4.98 Å². The molecular formula is C9H14N4O. The van der Waals surface area contributed by atoms with Gasteiger partial charge in [0.1, 0.15) is 11.5 Å². The van der Waals surface area contributed by atoms with Gasteiger partial charge >= 0.3 is 0 Å². The van der Waals surface area contributed by atoms with Gasteiger partial charge in [0, 0.05) is 6.04 Å². The van der Waals surface area contributed by atoms with Crippen LogP contribution < -0.4 is 16.8 Å². The standard InChI is InChI=1S/C9H14N4O/c1-5(2)12-9-6(10)3-4-7(13-9)8(11)14/h3-5H,10H2,1-2H3,(H2,11,14)(H,12,13). The highest BCUT2D eigenvalue weighted by molar-refractivity contribution is 5.91. The highest BCUT2D eigenvalue weighted by atomic mass is 16.1. The molecule has 0 fully saturated rings. The molecule has 1 heterocycles. The molecule has 0 aliphatic rings. The molecule has 0 aliphatic heterocycles. The average Bonchev–Trinajstić information content (AvgIpc) is 2.07. The van der Waals surface area contributed by atoms with Gasteiger partial charge in [0.2, 0.25) is 0 Å². The topological polar surface area (TPSA) is 94.0 Å². The van der Waals surface area contributed by atoms with Crippen molar-refractivity contribution in [3.05, 3.63) is 17.8 Å². The SMILES string of the molecule is CC(C)Nc1nc(C(N)=O)ccc1N. The number of amides is 1. The molecule has 1 aromatic heterocycles. The number of carbonyl (C=O) groups is 1. The van der Waals surface area contributed by atoms with Gasteiger partial charge in [-0.25, -0.2) is 4.98 Å². The van der Waals surface area contributed by atoms with Crippen molar-refractivity contribution in [3.8, 4) is 0 Å². The summed E-state index contributed by atoms with van der Waals surface area (Å²) >= 11 is 0. The highest BCUT2D eigenvalue weighted by Crippen LogP contribution is 2.16. The molecule has 0 bridgehead atoms. The number of nitrogen functional groups attached to an aromatic ring is 1. The Labute approximate surface area is 82.5 Å². The van der Waals surface area contributed by atoms with E-state index in [9.17, 15) is 4.79 Å². The van der Waals surface area contributed by atoms with Crippen LogP contribution in [0.1, 0.15) is 24.3 Å². The Kier molecular flexibility index (Phi) is 2.91. The zero-order valence-corrected chi connectivity index (χ0v) is 8.24. The predicted octanol–water partition coefficient (Wildman–Crippen LogP) is 0.583. The molecule has 76 valence electrons. The van der Waals surface area contributed by atoms with Crippen molar-refractivity contribution in [2.24, 2.45) is 5.73 Å². The first-order chi connectivity index (χ1) is 6.50. The smallest absolute Gasteiger partial charge is 0.267 e. The number of hydrogen-bond donors (Lipinski definition) is 3. The fourth-order valence-corrected chi connectivity index (χ4v) is 0.996. The lowest BCUT2D eigenvalue weighted by atomic mass is 10.3. The van der Waals surface area contributed by atoms with Crippen LogP contribution in [-0.2, 0) is 0 Å². The maximum atomic E-state index is 10.8. The third kappa shape index (κ3) is 2.35. The highest BCUT2D eigenvalue weighted by Gasteiger charge is 2.07. The molecule has 1 aromatic rings. The van der Waals surface area contributed by atoms with Gasteiger partial charge in [0.05, 0.1) is 5.69 Å². The zero-order chi connectivity index (χ0) is 10.7. The quantitative estimate of drug-likeness (QED) is 0.656. The number of nitrogens with two attached hydrogens (primary N) is 2. The second-order valence-electron chi connectivity index (χ2n) is 3.30. The maximum absolute atomic E-state index is 10.8. The minimum atomic E-state index is -0.559. The number of nitrogens with zero attached hydrogens (tertiary/aromatic N) is 1. The molecular weight excluding hydrogens is 180 g/mol. The lowest BCUT2D eigenvalue weighted by molar-refractivity contribution is 0.0995. The third-order valence-electron chi connectivity index (χ3n) is 1.60. The van der Waals surface area contributed by atoms with E-state index in [0.717, 1.165) is 0 Å². The predicted molar refractivity (Wildman–Crippen MR) is 55.9 cm³/mol. The summed E-state index contributed by atoms with van der Waals surface area (Å²) in [5.41, 5.74) is 11.5.